The van der Waals surface area contributed by atoms with Crippen molar-refractivity contribution < 1.29 is 21.6 Å². The number of hydrogen-bond donors (Lipinski definition) is 0. The van der Waals surface area contributed by atoms with Crippen LogP contribution in [0.3, 0.4) is 0 Å². The van der Waals surface area contributed by atoms with Crippen LogP contribution in [0.1, 0.15) is 26.2 Å². The maximum absolute atomic E-state index is 12.9. The van der Waals surface area contributed by atoms with Gasteiger partial charge in [0.1, 0.15) is 0 Å². The highest BCUT2D eigenvalue weighted by atomic mass is 32.2. The summed E-state index contributed by atoms with van der Waals surface area (Å²) in [7, 11) is -7.00. The molecule has 10 nitrogen and oxygen atoms in total. The van der Waals surface area contributed by atoms with Gasteiger partial charge in [0.2, 0.25) is 15.9 Å². The minimum absolute atomic E-state index is 0.0939. The molecular formula is C21H30N4O6S2. The van der Waals surface area contributed by atoms with Crippen LogP contribution in [0.25, 0.3) is 11.0 Å². The standard InChI is InChI=1S/C21H30N4O6S2/c1-2-9-24-18-5-3-4-6-19(18)25(21(24)27)10-7-20(26)22-11-13-23(14-12-22)33(30,31)17-8-15-32(28,29)16-17/h3-6,17H,2,7-16H2,1H3. The molecule has 33 heavy (non-hydrogen) atoms. The van der Waals surface area contributed by atoms with Gasteiger partial charge in [-0.15, -0.1) is 0 Å². The number of carbonyl (C=O) groups is 1. The van der Waals surface area contributed by atoms with Gasteiger partial charge in [0.05, 0.1) is 27.8 Å². The Morgan fingerprint density at radius 2 is 1.64 bits per heavy atom. The van der Waals surface area contributed by atoms with Gasteiger partial charge in [0.15, 0.2) is 9.84 Å². The zero-order valence-electron chi connectivity index (χ0n) is 18.7. The number of piperazine rings is 1. The second-order valence-electron chi connectivity index (χ2n) is 8.67. The van der Waals surface area contributed by atoms with Gasteiger partial charge in [-0.1, -0.05) is 19.1 Å². The Labute approximate surface area is 193 Å². The molecule has 1 aromatic carbocycles. The Balaban J connectivity index is 1.38. The lowest BCUT2D eigenvalue weighted by Crippen LogP contribution is -2.52. The Hall–Kier alpha value is -2.18. The zero-order valence-corrected chi connectivity index (χ0v) is 20.4. The summed E-state index contributed by atoms with van der Waals surface area (Å²) in [5.41, 5.74) is 1.52. The maximum atomic E-state index is 12.9. The van der Waals surface area contributed by atoms with Crippen LogP contribution < -0.4 is 5.69 Å². The SMILES string of the molecule is CCCn1c(=O)n(CCC(=O)N2CCN(S(=O)(=O)C3CCS(=O)(=O)C3)CC2)c2ccccc21. The normalized spacial score (nSPS) is 21.6. The summed E-state index contributed by atoms with van der Waals surface area (Å²) in [5.74, 6) is -0.548. The Morgan fingerprint density at radius 3 is 2.18 bits per heavy atom. The molecule has 1 aromatic heterocycles. The van der Waals surface area contributed by atoms with Crippen molar-refractivity contribution in [1.82, 2.24) is 18.3 Å². The van der Waals surface area contributed by atoms with E-state index in [9.17, 15) is 26.4 Å². The minimum Gasteiger partial charge on any atom is -0.340 e. The highest BCUT2D eigenvalue weighted by Gasteiger charge is 2.41. The van der Waals surface area contributed by atoms with Crippen molar-refractivity contribution >= 4 is 36.8 Å². The number of aryl methyl sites for hydroxylation is 2. The average molecular weight is 499 g/mol. The summed E-state index contributed by atoms with van der Waals surface area (Å²) >= 11 is 0. The Kier molecular flexibility index (Phi) is 6.70. The third kappa shape index (κ3) is 4.73. The fourth-order valence-electron chi connectivity index (χ4n) is 4.69. The van der Waals surface area contributed by atoms with E-state index in [0.717, 1.165) is 17.5 Å². The van der Waals surface area contributed by atoms with Gasteiger partial charge < -0.3 is 4.90 Å². The van der Waals surface area contributed by atoms with E-state index in [1.165, 1.54) is 4.31 Å². The predicted octanol–water partition coefficient (Wildman–Crippen LogP) is 0.264. The van der Waals surface area contributed by atoms with Gasteiger partial charge in [-0.25, -0.2) is 21.6 Å². The Morgan fingerprint density at radius 1 is 1.03 bits per heavy atom. The van der Waals surface area contributed by atoms with Crippen molar-refractivity contribution in [3.8, 4) is 0 Å². The quantitative estimate of drug-likeness (QED) is 0.540. The molecule has 1 amide bonds. The molecule has 0 spiro atoms. The predicted molar refractivity (Wildman–Crippen MR) is 125 cm³/mol. The summed E-state index contributed by atoms with van der Waals surface area (Å²) in [6.07, 6.45) is 1.10. The highest BCUT2D eigenvalue weighted by molar-refractivity contribution is 7.95. The third-order valence-electron chi connectivity index (χ3n) is 6.48. The van der Waals surface area contributed by atoms with Crippen molar-refractivity contribution in [1.29, 1.82) is 0 Å². The summed E-state index contributed by atoms with van der Waals surface area (Å²) in [6, 6.07) is 7.53. The second-order valence-corrected chi connectivity index (χ2v) is 13.1. The van der Waals surface area contributed by atoms with Gasteiger partial charge >= 0.3 is 5.69 Å². The lowest BCUT2D eigenvalue weighted by Gasteiger charge is -2.35. The molecule has 12 heteroatoms. The van der Waals surface area contributed by atoms with Crippen LogP contribution in [0.2, 0.25) is 0 Å². The molecule has 2 saturated heterocycles. The van der Waals surface area contributed by atoms with Crippen LogP contribution in [0.4, 0.5) is 0 Å². The molecule has 0 aliphatic carbocycles. The summed E-state index contributed by atoms with van der Waals surface area (Å²) in [4.78, 5) is 27.3. The molecule has 2 aliphatic rings. The molecule has 0 saturated carbocycles. The van der Waals surface area contributed by atoms with E-state index >= 15 is 0 Å². The molecule has 1 unspecified atom stereocenters. The summed E-state index contributed by atoms with van der Waals surface area (Å²) < 4.78 is 53.6. The molecule has 0 radical (unpaired) electrons. The summed E-state index contributed by atoms with van der Waals surface area (Å²) in [5, 5.41) is -0.892. The van der Waals surface area contributed by atoms with Gasteiger partial charge in [-0.2, -0.15) is 4.31 Å². The van der Waals surface area contributed by atoms with E-state index in [2.05, 4.69) is 0 Å². The van der Waals surface area contributed by atoms with Crippen molar-refractivity contribution in [3.05, 3.63) is 34.7 Å². The number of aromatic nitrogens is 2. The van der Waals surface area contributed by atoms with Gasteiger partial charge in [0, 0.05) is 45.7 Å². The van der Waals surface area contributed by atoms with Crippen molar-refractivity contribution in [2.75, 3.05) is 37.7 Å². The fourth-order valence-corrected chi connectivity index (χ4v) is 9.20. The number of sulfonamides is 1. The van der Waals surface area contributed by atoms with Gasteiger partial charge in [0.25, 0.3) is 0 Å². The van der Waals surface area contributed by atoms with Crippen molar-refractivity contribution in [3.63, 3.8) is 0 Å². The maximum Gasteiger partial charge on any atom is 0.329 e. The lowest BCUT2D eigenvalue weighted by atomic mass is 10.3. The number of carbonyl (C=O) groups excluding carboxylic acids is 1. The summed E-state index contributed by atoms with van der Waals surface area (Å²) in [6.45, 7) is 3.69. The van der Waals surface area contributed by atoms with Crippen molar-refractivity contribution in [2.45, 2.75) is 44.5 Å². The van der Waals surface area contributed by atoms with Crippen LogP contribution in [-0.2, 0) is 37.7 Å². The van der Waals surface area contributed by atoms with Gasteiger partial charge in [-0.05, 0) is 25.0 Å². The molecule has 2 aliphatic heterocycles. The van der Waals surface area contributed by atoms with E-state index in [1.54, 1.807) is 14.0 Å². The van der Waals surface area contributed by atoms with Crippen LogP contribution in [0.5, 0.6) is 0 Å². The van der Waals surface area contributed by atoms with Crippen molar-refractivity contribution in [2.24, 2.45) is 0 Å². The van der Waals surface area contributed by atoms with Crippen LogP contribution >= 0.6 is 0 Å². The zero-order chi connectivity index (χ0) is 23.8. The highest BCUT2D eigenvalue weighted by Crippen LogP contribution is 2.23. The Bertz CT molecular complexity index is 1300. The number of fused-ring (bicyclic) bond motifs is 1. The number of benzene rings is 1. The number of sulfone groups is 1. The van der Waals surface area contributed by atoms with E-state index in [4.69, 9.17) is 0 Å². The first-order valence-electron chi connectivity index (χ1n) is 11.3. The number of imidazole rings is 1. The van der Waals surface area contributed by atoms with Gasteiger partial charge in [-0.3, -0.25) is 13.9 Å². The number of rotatable bonds is 7. The largest absolute Gasteiger partial charge is 0.340 e. The minimum atomic E-state index is -3.70. The number of amides is 1. The third-order valence-corrected chi connectivity index (χ3v) is 10.8. The molecular weight excluding hydrogens is 468 g/mol. The average Bonchev–Trinajstić information content (AvgIpc) is 3.30. The molecule has 1 atom stereocenters. The second kappa shape index (κ2) is 9.22. The van der Waals surface area contributed by atoms with E-state index in [1.807, 2.05) is 31.2 Å². The number of hydrogen-bond acceptors (Lipinski definition) is 6. The lowest BCUT2D eigenvalue weighted by molar-refractivity contribution is -0.132. The van der Waals surface area contributed by atoms with E-state index in [0.29, 0.717) is 6.54 Å². The van der Waals surface area contributed by atoms with Crippen LogP contribution in [0, 0.1) is 0 Å². The topological polar surface area (TPSA) is 119 Å². The molecule has 3 heterocycles. The molecule has 0 N–H and O–H groups in total. The van der Waals surface area contributed by atoms with Crippen LogP contribution in [-0.4, -0.2) is 84.0 Å². The number of nitrogens with zero attached hydrogens (tertiary/aromatic N) is 4. The monoisotopic (exact) mass is 498 g/mol. The number of para-hydroxylation sites is 2. The molecule has 2 fully saturated rings. The molecule has 4 rings (SSSR count). The molecule has 0 bridgehead atoms. The van der Waals surface area contributed by atoms with Crippen LogP contribution in [0.15, 0.2) is 29.1 Å². The first-order chi connectivity index (χ1) is 15.6. The fraction of sp³-hybridized carbons (Fsp3) is 0.619. The van der Waals surface area contributed by atoms with E-state index in [-0.39, 0.29) is 68.7 Å². The molecule has 2 aromatic rings. The first-order valence-corrected chi connectivity index (χ1v) is 14.6. The molecule has 182 valence electrons. The smallest absolute Gasteiger partial charge is 0.329 e. The first kappa shape index (κ1) is 24.0. The van der Waals surface area contributed by atoms with E-state index < -0.39 is 25.1 Å².